The van der Waals surface area contributed by atoms with E-state index in [2.05, 4.69) is 17.1 Å². The molecule has 0 aliphatic heterocycles. The zero-order valence-corrected chi connectivity index (χ0v) is 11.5. The normalized spacial score (nSPS) is 10.7. The summed E-state index contributed by atoms with van der Waals surface area (Å²) in [7, 11) is 0. The number of para-hydroxylation sites is 1. The van der Waals surface area contributed by atoms with E-state index in [1.165, 1.54) is 0 Å². The summed E-state index contributed by atoms with van der Waals surface area (Å²) in [6.45, 7) is 1.59. The third kappa shape index (κ3) is 2.45. The lowest BCUT2D eigenvalue weighted by Crippen LogP contribution is -2.28. The van der Waals surface area contributed by atoms with Gasteiger partial charge in [0, 0.05) is 10.9 Å². The zero-order valence-electron chi connectivity index (χ0n) is 11.5. The van der Waals surface area contributed by atoms with E-state index in [0.717, 1.165) is 33.9 Å². The molecule has 3 rings (SSSR count). The molecule has 3 aromatic rings. The largest absolute Gasteiger partial charge is 0.446 e. The fraction of sp³-hybridized carbons (Fsp3) is 0.118. The van der Waals surface area contributed by atoms with Crippen molar-refractivity contribution in [3.63, 3.8) is 0 Å². The summed E-state index contributed by atoms with van der Waals surface area (Å²) < 4.78 is 0. The van der Waals surface area contributed by atoms with Crippen LogP contribution in [0.2, 0.25) is 6.32 Å². The third-order valence-electron chi connectivity index (χ3n) is 3.58. The summed E-state index contributed by atoms with van der Waals surface area (Å²) in [5.41, 5.74) is 3.99. The highest BCUT2D eigenvalue weighted by atomic mass is 16.2. The lowest BCUT2D eigenvalue weighted by molar-refractivity contribution is 0.586. The van der Waals surface area contributed by atoms with Gasteiger partial charge in [-0.3, -0.25) is 0 Å². The molecule has 0 fully saturated rings. The number of benzene rings is 2. The first kappa shape index (κ1) is 12.9. The molecule has 20 heavy (non-hydrogen) atoms. The predicted octanol–water partition coefficient (Wildman–Crippen LogP) is 3.11. The molecule has 0 aliphatic carbocycles. The number of aromatic nitrogens is 1. The minimum Gasteiger partial charge on any atom is -0.446 e. The number of rotatable bonds is 3. The minimum atomic E-state index is -0.381. The number of nitrogens with zero attached hydrogens (tertiary/aromatic N) is 1. The van der Waals surface area contributed by atoms with E-state index in [0.29, 0.717) is 0 Å². The third-order valence-corrected chi connectivity index (χ3v) is 3.58. The van der Waals surface area contributed by atoms with Crippen LogP contribution in [0.1, 0.15) is 6.92 Å². The Kier molecular flexibility index (Phi) is 3.53. The molecule has 2 aromatic carbocycles. The van der Waals surface area contributed by atoms with E-state index in [9.17, 15) is 5.02 Å². The van der Waals surface area contributed by atoms with Gasteiger partial charge < -0.3 is 5.02 Å². The van der Waals surface area contributed by atoms with E-state index in [1.807, 2.05) is 55.5 Å². The fourth-order valence-electron chi connectivity index (χ4n) is 2.34. The molecular weight excluding hydrogens is 245 g/mol. The molecule has 1 aromatic heterocycles. The van der Waals surface area contributed by atoms with Gasteiger partial charge in [0.2, 0.25) is 0 Å². The molecule has 1 heterocycles. The van der Waals surface area contributed by atoms with Crippen LogP contribution in [0.4, 0.5) is 0 Å². The van der Waals surface area contributed by atoms with Crippen LogP contribution in [-0.4, -0.2) is 16.9 Å². The summed E-state index contributed by atoms with van der Waals surface area (Å²) in [6.07, 6.45) is 0.730. The second-order valence-electron chi connectivity index (χ2n) is 4.94. The van der Waals surface area contributed by atoms with E-state index < -0.39 is 0 Å². The van der Waals surface area contributed by atoms with Crippen LogP contribution in [0.25, 0.3) is 22.2 Å². The summed E-state index contributed by atoms with van der Waals surface area (Å²) in [4.78, 5) is 4.68. The Labute approximate surface area is 119 Å². The van der Waals surface area contributed by atoms with E-state index in [4.69, 9.17) is 0 Å². The van der Waals surface area contributed by atoms with Crippen molar-refractivity contribution in [2.75, 3.05) is 0 Å². The first-order chi connectivity index (χ1) is 9.78. The number of fused-ring (bicyclic) bond motifs is 1. The Balaban J connectivity index is 1.98. The molecule has 0 amide bonds. The Morgan fingerprint density at radius 2 is 1.70 bits per heavy atom. The summed E-state index contributed by atoms with van der Waals surface area (Å²) in [6, 6.07) is 20.2. The maximum absolute atomic E-state index is 9.82. The molecule has 0 aliphatic rings. The van der Waals surface area contributed by atoms with Crippen molar-refractivity contribution < 1.29 is 5.02 Å². The zero-order chi connectivity index (χ0) is 13.9. The van der Waals surface area contributed by atoms with Crippen LogP contribution < -0.4 is 5.46 Å². The molecule has 2 nitrogen and oxygen atoms in total. The van der Waals surface area contributed by atoms with Gasteiger partial charge in [0.15, 0.2) is 0 Å². The van der Waals surface area contributed by atoms with Gasteiger partial charge in [-0.25, -0.2) is 4.98 Å². The lowest BCUT2D eigenvalue weighted by Gasteiger charge is -2.06. The average molecular weight is 261 g/mol. The van der Waals surface area contributed by atoms with E-state index >= 15 is 0 Å². The van der Waals surface area contributed by atoms with Crippen molar-refractivity contribution in [3.8, 4) is 11.3 Å². The van der Waals surface area contributed by atoms with Crippen LogP contribution in [0.15, 0.2) is 60.7 Å². The first-order valence-corrected chi connectivity index (χ1v) is 6.92. The minimum absolute atomic E-state index is 0.381. The van der Waals surface area contributed by atoms with Gasteiger partial charge >= 0.3 is 6.92 Å². The topological polar surface area (TPSA) is 33.1 Å². The smallest absolute Gasteiger partial charge is 0.323 e. The molecule has 3 heteroatoms. The highest BCUT2D eigenvalue weighted by Gasteiger charge is 2.10. The molecular formula is C17H16BNO. The van der Waals surface area contributed by atoms with Crippen molar-refractivity contribution in [3.05, 3.63) is 60.7 Å². The fourth-order valence-corrected chi connectivity index (χ4v) is 2.34. The van der Waals surface area contributed by atoms with Gasteiger partial charge in [-0.2, -0.15) is 0 Å². The SMILES string of the molecule is CCB(O)c1ccc(-c2ccc3ccccc3n2)cc1. The molecule has 0 spiro atoms. The Hall–Kier alpha value is -2.13. The molecule has 98 valence electrons. The molecule has 0 bridgehead atoms. The van der Waals surface area contributed by atoms with Crippen molar-refractivity contribution in [1.82, 2.24) is 4.98 Å². The standard InChI is InChI=1S/C17H16BNO/c1-2-18(20)15-10-7-14(8-11-15)17-12-9-13-5-3-4-6-16(13)19-17/h3-12,20H,2H2,1H3. The molecule has 0 saturated carbocycles. The molecule has 0 saturated heterocycles. The van der Waals surface area contributed by atoms with Gasteiger partial charge in [-0.05, 0) is 23.9 Å². The lowest BCUT2D eigenvalue weighted by atomic mass is 9.59. The van der Waals surface area contributed by atoms with E-state index in [1.54, 1.807) is 0 Å². The monoisotopic (exact) mass is 261 g/mol. The number of hydrogen-bond donors (Lipinski definition) is 1. The molecule has 0 unspecified atom stereocenters. The Bertz CT molecular complexity index is 724. The number of pyridine rings is 1. The van der Waals surface area contributed by atoms with Crippen LogP contribution in [-0.2, 0) is 0 Å². The van der Waals surface area contributed by atoms with Gasteiger partial charge in [-0.1, -0.05) is 55.5 Å². The molecule has 1 N–H and O–H groups in total. The predicted molar refractivity (Wildman–Crippen MR) is 85.3 cm³/mol. The summed E-state index contributed by atoms with van der Waals surface area (Å²) in [5.74, 6) is 0. The highest BCUT2D eigenvalue weighted by molar-refractivity contribution is 6.66. The maximum atomic E-state index is 9.82. The van der Waals surface area contributed by atoms with E-state index in [-0.39, 0.29) is 6.92 Å². The van der Waals surface area contributed by atoms with Gasteiger partial charge in [0.05, 0.1) is 11.2 Å². The second kappa shape index (κ2) is 5.47. The first-order valence-electron chi connectivity index (χ1n) is 6.92. The summed E-state index contributed by atoms with van der Waals surface area (Å²) >= 11 is 0. The van der Waals surface area contributed by atoms with Gasteiger partial charge in [-0.15, -0.1) is 0 Å². The van der Waals surface area contributed by atoms with Crippen molar-refractivity contribution in [1.29, 1.82) is 0 Å². The molecule has 0 atom stereocenters. The van der Waals surface area contributed by atoms with Gasteiger partial charge in [0.1, 0.15) is 0 Å². The van der Waals surface area contributed by atoms with Crippen LogP contribution in [0, 0.1) is 0 Å². The van der Waals surface area contributed by atoms with Crippen molar-refractivity contribution in [2.45, 2.75) is 13.2 Å². The van der Waals surface area contributed by atoms with Crippen molar-refractivity contribution >= 4 is 23.3 Å². The van der Waals surface area contributed by atoms with Crippen molar-refractivity contribution in [2.24, 2.45) is 0 Å². The molecule has 0 radical (unpaired) electrons. The van der Waals surface area contributed by atoms with Crippen LogP contribution in [0.3, 0.4) is 0 Å². The highest BCUT2D eigenvalue weighted by Crippen LogP contribution is 2.20. The van der Waals surface area contributed by atoms with Crippen LogP contribution >= 0.6 is 0 Å². The second-order valence-corrected chi connectivity index (χ2v) is 4.94. The number of hydrogen-bond acceptors (Lipinski definition) is 2. The Morgan fingerprint density at radius 3 is 2.45 bits per heavy atom. The summed E-state index contributed by atoms with van der Waals surface area (Å²) in [5, 5.41) is 11.0. The van der Waals surface area contributed by atoms with Gasteiger partial charge in [0.25, 0.3) is 0 Å². The average Bonchev–Trinajstić information content (AvgIpc) is 2.54. The quantitative estimate of drug-likeness (QED) is 0.735. The van der Waals surface area contributed by atoms with Crippen LogP contribution in [0.5, 0.6) is 0 Å². The maximum Gasteiger partial charge on any atom is 0.323 e. The Morgan fingerprint density at radius 1 is 0.950 bits per heavy atom.